The van der Waals surface area contributed by atoms with Gasteiger partial charge in [0.25, 0.3) is 0 Å². The lowest BCUT2D eigenvalue weighted by Gasteiger charge is -2.26. The number of nitrogens with zero attached hydrogens (tertiary/aromatic N) is 1. The van der Waals surface area contributed by atoms with Gasteiger partial charge in [-0.05, 0) is 39.8 Å². The van der Waals surface area contributed by atoms with Gasteiger partial charge in [-0.1, -0.05) is 50.1 Å². The van der Waals surface area contributed by atoms with Gasteiger partial charge in [-0.3, -0.25) is 4.79 Å². The molecule has 1 aromatic carbocycles. The van der Waals surface area contributed by atoms with Crippen LogP contribution in [-0.4, -0.2) is 29.8 Å². The van der Waals surface area contributed by atoms with Crippen LogP contribution in [0.2, 0.25) is 0 Å². The summed E-state index contributed by atoms with van der Waals surface area (Å²) in [6.45, 7) is 8.90. The molecule has 0 amide bonds. The van der Waals surface area contributed by atoms with Gasteiger partial charge in [-0.25, -0.2) is 0 Å². The third-order valence-corrected chi connectivity index (χ3v) is 3.72. The van der Waals surface area contributed by atoms with Crippen molar-refractivity contribution in [2.45, 2.75) is 58.9 Å². The number of unbranched alkanes of at least 4 members (excludes halogenated alkanes) is 2. The average Bonchev–Trinajstić information content (AvgIpc) is 2.46. The molecular formula is C18H29NO. The molecule has 0 aromatic heterocycles. The predicted molar refractivity (Wildman–Crippen MR) is 86.2 cm³/mol. The van der Waals surface area contributed by atoms with E-state index in [-0.39, 0.29) is 5.78 Å². The lowest BCUT2D eigenvalue weighted by molar-refractivity contribution is 0.0971. The van der Waals surface area contributed by atoms with Crippen LogP contribution in [0.5, 0.6) is 0 Å². The Bertz CT molecular complexity index is 372. The van der Waals surface area contributed by atoms with Gasteiger partial charge in [0.1, 0.15) is 0 Å². The van der Waals surface area contributed by atoms with Crippen molar-refractivity contribution < 1.29 is 4.79 Å². The number of hydrogen-bond acceptors (Lipinski definition) is 2. The molecule has 0 bridgehead atoms. The van der Waals surface area contributed by atoms with Crippen LogP contribution in [0.4, 0.5) is 0 Å². The Kier molecular flexibility index (Phi) is 8.20. The van der Waals surface area contributed by atoms with E-state index in [9.17, 15) is 4.79 Å². The molecule has 0 aliphatic carbocycles. The Labute approximate surface area is 124 Å². The zero-order valence-corrected chi connectivity index (χ0v) is 13.3. The fraction of sp³-hybridized carbons (Fsp3) is 0.611. The molecule has 0 aliphatic heterocycles. The van der Waals surface area contributed by atoms with Crippen LogP contribution in [0.15, 0.2) is 30.3 Å². The Hall–Kier alpha value is -1.15. The van der Waals surface area contributed by atoms with Gasteiger partial charge in [-0.2, -0.15) is 0 Å². The summed E-state index contributed by atoms with van der Waals surface area (Å²) < 4.78 is 0. The number of hydrogen-bond donors (Lipinski definition) is 0. The molecule has 2 nitrogen and oxygen atoms in total. The minimum absolute atomic E-state index is 0.267. The second-order valence-electron chi connectivity index (χ2n) is 5.73. The second kappa shape index (κ2) is 9.71. The van der Waals surface area contributed by atoms with E-state index >= 15 is 0 Å². The van der Waals surface area contributed by atoms with Gasteiger partial charge in [0.15, 0.2) is 5.78 Å². The van der Waals surface area contributed by atoms with Crippen LogP contribution >= 0.6 is 0 Å². The van der Waals surface area contributed by atoms with E-state index in [4.69, 9.17) is 0 Å². The quantitative estimate of drug-likeness (QED) is 0.461. The third-order valence-electron chi connectivity index (χ3n) is 3.72. The monoisotopic (exact) mass is 275 g/mol. The van der Waals surface area contributed by atoms with Gasteiger partial charge >= 0.3 is 0 Å². The number of ketones is 1. The van der Waals surface area contributed by atoms with E-state index in [0.717, 1.165) is 25.1 Å². The molecule has 0 unspecified atom stereocenters. The van der Waals surface area contributed by atoms with E-state index in [1.165, 1.54) is 19.3 Å². The highest BCUT2D eigenvalue weighted by molar-refractivity contribution is 5.95. The molecule has 0 aliphatic rings. The molecule has 0 saturated heterocycles. The first-order valence-corrected chi connectivity index (χ1v) is 7.97. The highest BCUT2D eigenvalue weighted by Gasteiger charge is 2.10. The first-order chi connectivity index (χ1) is 9.65. The number of Topliss-reactive ketones (excluding diaryl/α,β-unsaturated/α-hetero) is 1. The van der Waals surface area contributed by atoms with Crippen molar-refractivity contribution in [2.24, 2.45) is 0 Å². The maximum atomic E-state index is 12.0. The zero-order chi connectivity index (χ0) is 14.8. The SMILES string of the molecule is CCCCCN(CCCC(=O)c1ccccc1)C(C)C. The Balaban J connectivity index is 2.31. The lowest BCUT2D eigenvalue weighted by Crippen LogP contribution is -2.33. The molecule has 0 fully saturated rings. The first kappa shape index (κ1) is 16.9. The number of rotatable bonds is 10. The van der Waals surface area contributed by atoms with E-state index in [1.54, 1.807) is 0 Å². The highest BCUT2D eigenvalue weighted by atomic mass is 16.1. The van der Waals surface area contributed by atoms with E-state index in [1.807, 2.05) is 30.3 Å². The van der Waals surface area contributed by atoms with E-state index in [0.29, 0.717) is 12.5 Å². The van der Waals surface area contributed by atoms with Crippen LogP contribution < -0.4 is 0 Å². The van der Waals surface area contributed by atoms with Crippen LogP contribution in [0, 0.1) is 0 Å². The van der Waals surface area contributed by atoms with Crippen LogP contribution in [0.25, 0.3) is 0 Å². The minimum atomic E-state index is 0.267. The topological polar surface area (TPSA) is 20.3 Å². The smallest absolute Gasteiger partial charge is 0.162 e. The molecule has 2 heteroatoms. The summed E-state index contributed by atoms with van der Waals surface area (Å²) in [5.74, 6) is 0.267. The summed E-state index contributed by atoms with van der Waals surface area (Å²) in [4.78, 5) is 14.5. The summed E-state index contributed by atoms with van der Waals surface area (Å²) in [7, 11) is 0. The Morgan fingerprint density at radius 1 is 1.05 bits per heavy atom. The van der Waals surface area contributed by atoms with Crippen molar-refractivity contribution in [2.75, 3.05) is 13.1 Å². The summed E-state index contributed by atoms with van der Waals surface area (Å²) in [5, 5.41) is 0. The largest absolute Gasteiger partial charge is 0.301 e. The summed E-state index contributed by atoms with van der Waals surface area (Å²) in [6.07, 6.45) is 5.44. The fourth-order valence-electron chi connectivity index (χ4n) is 2.40. The van der Waals surface area contributed by atoms with Crippen molar-refractivity contribution >= 4 is 5.78 Å². The predicted octanol–water partition coefficient (Wildman–Crippen LogP) is 4.55. The van der Waals surface area contributed by atoms with Crippen molar-refractivity contribution in [3.63, 3.8) is 0 Å². The van der Waals surface area contributed by atoms with Gasteiger partial charge < -0.3 is 4.90 Å². The van der Waals surface area contributed by atoms with Gasteiger partial charge in [0.2, 0.25) is 0 Å². The van der Waals surface area contributed by atoms with E-state index in [2.05, 4.69) is 25.7 Å². The molecule has 1 rings (SSSR count). The molecule has 0 radical (unpaired) electrons. The van der Waals surface area contributed by atoms with Crippen molar-refractivity contribution in [3.8, 4) is 0 Å². The van der Waals surface area contributed by atoms with Crippen molar-refractivity contribution in [1.29, 1.82) is 0 Å². The Morgan fingerprint density at radius 3 is 2.30 bits per heavy atom. The van der Waals surface area contributed by atoms with Gasteiger partial charge in [-0.15, -0.1) is 0 Å². The van der Waals surface area contributed by atoms with Crippen LogP contribution in [0.3, 0.4) is 0 Å². The van der Waals surface area contributed by atoms with Gasteiger partial charge in [0.05, 0.1) is 0 Å². The third kappa shape index (κ3) is 6.33. The van der Waals surface area contributed by atoms with Crippen molar-refractivity contribution in [3.05, 3.63) is 35.9 Å². The molecule has 0 N–H and O–H groups in total. The number of carbonyl (C=O) groups is 1. The van der Waals surface area contributed by atoms with Crippen molar-refractivity contribution in [1.82, 2.24) is 4.90 Å². The zero-order valence-electron chi connectivity index (χ0n) is 13.3. The molecular weight excluding hydrogens is 246 g/mol. The maximum absolute atomic E-state index is 12.0. The molecule has 0 spiro atoms. The lowest BCUT2D eigenvalue weighted by atomic mass is 10.1. The number of benzene rings is 1. The second-order valence-corrected chi connectivity index (χ2v) is 5.73. The summed E-state index contributed by atoms with van der Waals surface area (Å²) >= 11 is 0. The molecule has 1 aromatic rings. The standard InChI is InChI=1S/C18H29NO/c1-4-5-9-14-19(16(2)3)15-10-13-18(20)17-11-7-6-8-12-17/h6-8,11-12,16H,4-5,9-10,13-15H2,1-3H3. The van der Waals surface area contributed by atoms with Gasteiger partial charge in [0, 0.05) is 18.0 Å². The van der Waals surface area contributed by atoms with E-state index < -0.39 is 0 Å². The summed E-state index contributed by atoms with van der Waals surface area (Å²) in [5.41, 5.74) is 0.842. The number of carbonyl (C=O) groups excluding carboxylic acids is 1. The summed E-state index contributed by atoms with van der Waals surface area (Å²) in [6, 6.07) is 10.2. The molecule has 20 heavy (non-hydrogen) atoms. The molecule has 112 valence electrons. The molecule has 0 saturated carbocycles. The normalized spacial score (nSPS) is 11.2. The maximum Gasteiger partial charge on any atom is 0.162 e. The average molecular weight is 275 g/mol. The first-order valence-electron chi connectivity index (χ1n) is 7.97. The highest BCUT2D eigenvalue weighted by Crippen LogP contribution is 2.09. The Morgan fingerprint density at radius 2 is 1.70 bits per heavy atom. The fourth-order valence-corrected chi connectivity index (χ4v) is 2.40. The minimum Gasteiger partial charge on any atom is -0.301 e. The van der Waals surface area contributed by atoms with Crippen LogP contribution in [-0.2, 0) is 0 Å². The molecule has 0 atom stereocenters. The molecule has 0 heterocycles. The van der Waals surface area contributed by atoms with Crippen LogP contribution in [0.1, 0.15) is 63.2 Å².